The largest absolute Gasteiger partial charge is 0.463 e. The van der Waals surface area contributed by atoms with E-state index < -0.39 is 5.97 Å². The first kappa shape index (κ1) is 14.5. The average molecular weight is 315 g/mol. The Hall–Kier alpha value is -2.47. The summed E-state index contributed by atoms with van der Waals surface area (Å²) in [7, 11) is 0. The number of nitrogens with zero attached hydrogens (tertiary/aromatic N) is 1. The topological polar surface area (TPSA) is 69.4 Å². The first-order valence-electron chi connectivity index (χ1n) is 6.75. The predicted octanol–water partition coefficient (Wildman–Crippen LogP) is 3.40. The fourth-order valence-corrected chi connectivity index (χ4v) is 2.80. The molecule has 0 unspecified atom stereocenters. The number of benzene rings is 1. The number of rotatable bonds is 3. The van der Waals surface area contributed by atoms with E-state index in [0.717, 1.165) is 5.56 Å². The van der Waals surface area contributed by atoms with E-state index in [9.17, 15) is 9.59 Å². The molecule has 0 spiro atoms. The highest BCUT2D eigenvalue weighted by molar-refractivity contribution is 7.07. The Kier molecular flexibility index (Phi) is 3.77. The van der Waals surface area contributed by atoms with Gasteiger partial charge in [-0.15, -0.1) is 11.3 Å². The van der Waals surface area contributed by atoms with Crippen LogP contribution in [0.15, 0.2) is 38.5 Å². The molecule has 1 aromatic carbocycles. The van der Waals surface area contributed by atoms with Crippen molar-refractivity contribution in [3.8, 4) is 17.0 Å². The number of carbonyl (C=O) groups is 1. The van der Waals surface area contributed by atoms with Gasteiger partial charge in [-0.25, -0.2) is 4.98 Å². The van der Waals surface area contributed by atoms with Crippen LogP contribution >= 0.6 is 11.3 Å². The minimum atomic E-state index is -0.407. The molecule has 0 aliphatic heterocycles. The van der Waals surface area contributed by atoms with Gasteiger partial charge in [-0.3, -0.25) is 9.59 Å². The standard InChI is InChI=1S/C16H13NO4S/c1-3-10-4-11-15(5-14(10)21-9(2)18)20-6-12(16(11)19)13-7-22-8-17-13/h4-8H,3H2,1-2H3. The second kappa shape index (κ2) is 5.73. The van der Waals surface area contributed by atoms with Crippen LogP contribution < -0.4 is 10.2 Å². The monoisotopic (exact) mass is 315 g/mol. The van der Waals surface area contributed by atoms with Crippen molar-refractivity contribution >= 4 is 28.3 Å². The third-order valence-corrected chi connectivity index (χ3v) is 3.89. The van der Waals surface area contributed by atoms with Gasteiger partial charge in [0.15, 0.2) is 0 Å². The number of carbonyl (C=O) groups excluding carboxylic acids is 1. The van der Waals surface area contributed by atoms with Crippen LogP contribution in [0.5, 0.6) is 5.75 Å². The lowest BCUT2D eigenvalue weighted by Crippen LogP contribution is -2.08. The summed E-state index contributed by atoms with van der Waals surface area (Å²) in [6.45, 7) is 3.27. The minimum absolute atomic E-state index is 0.142. The van der Waals surface area contributed by atoms with Crippen LogP contribution in [-0.2, 0) is 11.2 Å². The summed E-state index contributed by atoms with van der Waals surface area (Å²) in [6, 6.07) is 3.30. The Morgan fingerprint density at radius 2 is 2.23 bits per heavy atom. The Morgan fingerprint density at radius 1 is 1.41 bits per heavy atom. The molecule has 0 fully saturated rings. The van der Waals surface area contributed by atoms with Gasteiger partial charge in [-0.1, -0.05) is 6.92 Å². The van der Waals surface area contributed by atoms with Crippen molar-refractivity contribution in [2.45, 2.75) is 20.3 Å². The van der Waals surface area contributed by atoms with Crippen LogP contribution in [0.4, 0.5) is 0 Å². The Morgan fingerprint density at radius 3 is 2.86 bits per heavy atom. The second-order valence-corrected chi connectivity index (χ2v) is 5.47. The molecule has 2 heterocycles. The number of hydrogen-bond acceptors (Lipinski definition) is 6. The maximum atomic E-state index is 12.6. The maximum Gasteiger partial charge on any atom is 0.308 e. The van der Waals surface area contributed by atoms with Gasteiger partial charge < -0.3 is 9.15 Å². The highest BCUT2D eigenvalue weighted by atomic mass is 32.1. The fraction of sp³-hybridized carbons (Fsp3) is 0.188. The smallest absolute Gasteiger partial charge is 0.308 e. The number of aryl methyl sites for hydroxylation is 1. The SMILES string of the molecule is CCc1cc2c(=O)c(-c3cscn3)coc2cc1OC(C)=O. The molecule has 0 aliphatic rings. The molecule has 0 aliphatic carbocycles. The third-order valence-electron chi connectivity index (χ3n) is 3.30. The van der Waals surface area contributed by atoms with E-state index in [4.69, 9.17) is 9.15 Å². The van der Waals surface area contributed by atoms with E-state index in [2.05, 4.69) is 4.98 Å². The van der Waals surface area contributed by atoms with Crippen molar-refractivity contribution < 1.29 is 13.9 Å². The van der Waals surface area contributed by atoms with E-state index in [0.29, 0.717) is 34.4 Å². The molecule has 0 N–H and O–H groups in total. The van der Waals surface area contributed by atoms with Crippen molar-refractivity contribution in [1.29, 1.82) is 0 Å². The lowest BCUT2D eigenvalue weighted by atomic mass is 10.1. The van der Waals surface area contributed by atoms with Crippen molar-refractivity contribution in [3.63, 3.8) is 0 Å². The molecule has 0 radical (unpaired) electrons. The molecule has 0 bridgehead atoms. The molecule has 2 aromatic heterocycles. The quantitative estimate of drug-likeness (QED) is 0.547. The van der Waals surface area contributed by atoms with Crippen molar-refractivity contribution in [3.05, 3.63) is 45.1 Å². The van der Waals surface area contributed by atoms with Gasteiger partial charge in [0.05, 0.1) is 22.2 Å². The van der Waals surface area contributed by atoms with E-state index in [1.165, 1.54) is 24.5 Å². The number of aromatic nitrogens is 1. The van der Waals surface area contributed by atoms with E-state index in [-0.39, 0.29) is 5.43 Å². The molecule has 0 atom stereocenters. The van der Waals surface area contributed by atoms with Crippen molar-refractivity contribution in [1.82, 2.24) is 4.98 Å². The number of hydrogen-bond donors (Lipinski definition) is 0. The summed E-state index contributed by atoms with van der Waals surface area (Å²) in [6.07, 6.45) is 2.03. The normalized spacial score (nSPS) is 10.8. The highest BCUT2D eigenvalue weighted by Gasteiger charge is 2.14. The van der Waals surface area contributed by atoms with Crippen molar-refractivity contribution in [2.75, 3.05) is 0 Å². The van der Waals surface area contributed by atoms with Crippen LogP contribution in [-0.4, -0.2) is 11.0 Å². The molecule has 0 saturated carbocycles. The fourth-order valence-electron chi connectivity index (χ4n) is 2.25. The molecule has 3 rings (SSSR count). The van der Waals surface area contributed by atoms with Crippen LogP contribution in [0.2, 0.25) is 0 Å². The molecular formula is C16H13NO4S. The molecular weight excluding hydrogens is 302 g/mol. The van der Waals surface area contributed by atoms with Crippen LogP contribution in [0.1, 0.15) is 19.4 Å². The third kappa shape index (κ3) is 2.53. The Bertz CT molecular complexity index is 896. The highest BCUT2D eigenvalue weighted by Crippen LogP contribution is 2.27. The summed E-state index contributed by atoms with van der Waals surface area (Å²) < 4.78 is 10.7. The minimum Gasteiger partial charge on any atom is -0.463 e. The van der Waals surface area contributed by atoms with Gasteiger partial charge in [-0.2, -0.15) is 0 Å². The van der Waals surface area contributed by atoms with E-state index in [1.807, 2.05) is 6.92 Å². The molecule has 5 nitrogen and oxygen atoms in total. The molecule has 0 saturated heterocycles. The lowest BCUT2D eigenvalue weighted by Gasteiger charge is -2.09. The number of esters is 1. The predicted molar refractivity (Wildman–Crippen MR) is 84.3 cm³/mol. The Balaban J connectivity index is 2.23. The number of fused-ring (bicyclic) bond motifs is 1. The molecule has 3 aromatic rings. The summed E-state index contributed by atoms with van der Waals surface area (Å²) in [5, 5.41) is 2.25. The zero-order chi connectivity index (χ0) is 15.7. The molecule has 6 heteroatoms. The Labute approximate surface area is 130 Å². The van der Waals surface area contributed by atoms with Crippen molar-refractivity contribution in [2.24, 2.45) is 0 Å². The van der Waals surface area contributed by atoms with Crippen LogP contribution in [0.3, 0.4) is 0 Å². The summed E-state index contributed by atoms with van der Waals surface area (Å²) in [4.78, 5) is 27.9. The number of ether oxygens (including phenoxy) is 1. The average Bonchev–Trinajstić information content (AvgIpc) is 3.00. The second-order valence-electron chi connectivity index (χ2n) is 4.76. The molecule has 112 valence electrons. The summed E-state index contributed by atoms with van der Waals surface area (Å²) in [5.74, 6) is 0.0162. The number of thiazole rings is 1. The van der Waals surface area contributed by atoms with Gasteiger partial charge in [0.2, 0.25) is 5.43 Å². The maximum absolute atomic E-state index is 12.6. The zero-order valence-electron chi connectivity index (χ0n) is 12.1. The van der Waals surface area contributed by atoms with Gasteiger partial charge >= 0.3 is 5.97 Å². The van der Waals surface area contributed by atoms with E-state index in [1.54, 1.807) is 23.0 Å². The van der Waals surface area contributed by atoms with Crippen LogP contribution in [0.25, 0.3) is 22.2 Å². The first-order valence-corrected chi connectivity index (χ1v) is 7.70. The van der Waals surface area contributed by atoms with Crippen LogP contribution in [0, 0.1) is 0 Å². The zero-order valence-corrected chi connectivity index (χ0v) is 12.9. The van der Waals surface area contributed by atoms with Gasteiger partial charge in [-0.05, 0) is 18.1 Å². The summed E-state index contributed by atoms with van der Waals surface area (Å²) in [5.41, 5.74) is 3.72. The van der Waals surface area contributed by atoms with Gasteiger partial charge in [0.25, 0.3) is 0 Å². The first-order chi connectivity index (χ1) is 10.6. The molecule has 22 heavy (non-hydrogen) atoms. The molecule has 0 amide bonds. The lowest BCUT2D eigenvalue weighted by molar-refractivity contribution is -0.131. The van der Waals surface area contributed by atoms with Gasteiger partial charge in [0.1, 0.15) is 17.6 Å². The van der Waals surface area contributed by atoms with Gasteiger partial charge in [0, 0.05) is 18.4 Å². The van der Waals surface area contributed by atoms with E-state index >= 15 is 0 Å². The summed E-state index contributed by atoms with van der Waals surface area (Å²) >= 11 is 1.42.